The Bertz CT molecular complexity index is 539. The minimum atomic E-state index is -0.335. The SMILES string of the molecule is CCOC(=O)C1=C(OCC)N[C@@H](c2ccc(F)cc2)CCC1. The van der Waals surface area contributed by atoms with E-state index in [1.165, 1.54) is 12.1 Å². The molecule has 1 aromatic carbocycles. The van der Waals surface area contributed by atoms with Crippen LogP contribution >= 0.6 is 0 Å². The first-order valence-electron chi connectivity index (χ1n) is 7.70. The highest BCUT2D eigenvalue weighted by Gasteiger charge is 2.25. The summed E-state index contributed by atoms with van der Waals surface area (Å²) in [4.78, 5) is 12.1. The maximum absolute atomic E-state index is 13.1. The van der Waals surface area contributed by atoms with Crippen LogP contribution in [-0.4, -0.2) is 19.2 Å². The number of ether oxygens (including phenoxy) is 2. The highest BCUT2D eigenvalue weighted by Crippen LogP contribution is 2.28. The Balaban J connectivity index is 2.24. The minimum Gasteiger partial charge on any atom is -0.479 e. The van der Waals surface area contributed by atoms with E-state index < -0.39 is 0 Å². The van der Waals surface area contributed by atoms with Gasteiger partial charge in [-0.2, -0.15) is 0 Å². The summed E-state index contributed by atoms with van der Waals surface area (Å²) in [7, 11) is 0. The van der Waals surface area contributed by atoms with Gasteiger partial charge in [0, 0.05) is 0 Å². The van der Waals surface area contributed by atoms with Gasteiger partial charge >= 0.3 is 5.97 Å². The topological polar surface area (TPSA) is 47.6 Å². The maximum atomic E-state index is 13.1. The normalized spacial score (nSPS) is 18.4. The highest BCUT2D eigenvalue weighted by atomic mass is 19.1. The van der Waals surface area contributed by atoms with Crippen LogP contribution < -0.4 is 5.32 Å². The van der Waals surface area contributed by atoms with Crippen LogP contribution in [0, 0.1) is 5.82 Å². The molecule has 22 heavy (non-hydrogen) atoms. The average Bonchev–Trinajstić information content (AvgIpc) is 2.71. The third-order valence-electron chi connectivity index (χ3n) is 3.58. The summed E-state index contributed by atoms with van der Waals surface area (Å²) in [5.74, 6) is -0.115. The van der Waals surface area contributed by atoms with Crippen LogP contribution in [0.5, 0.6) is 0 Å². The van der Waals surface area contributed by atoms with Crippen molar-refractivity contribution in [3.8, 4) is 0 Å². The highest BCUT2D eigenvalue weighted by molar-refractivity contribution is 5.89. The summed E-state index contributed by atoms with van der Waals surface area (Å²) in [5, 5.41) is 3.28. The fourth-order valence-corrected chi connectivity index (χ4v) is 2.55. The van der Waals surface area contributed by atoms with Gasteiger partial charge in [0.2, 0.25) is 0 Å². The summed E-state index contributed by atoms with van der Waals surface area (Å²) in [5.41, 5.74) is 1.53. The molecule has 0 spiro atoms. The lowest BCUT2D eigenvalue weighted by Crippen LogP contribution is -2.24. The second kappa shape index (κ2) is 7.82. The molecule has 1 aromatic rings. The Kier molecular flexibility index (Phi) is 5.81. The molecular formula is C17H22FNO3. The van der Waals surface area contributed by atoms with Crippen molar-refractivity contribution in [1.82, 2.24) is 5.32 Å². The van der Waals surface area contributed by atoms with Crippen LogP contribution in [0.3, 0.4) is 0 Å². The summed E-state index contributed by atoms with van der Waals surface area (Å²) >= 11 is 0. The van der Waals surface area contributed by atoms with Gasteiger partial charge in [-0.15, -0.1) is 0 Å². The van der Waals surface area contributed by atoms with E-state index in [0.717, 1.165) is 18.4 Å². The van der Waals surface area contributed by atoms with Crippen molar-refractivity contribution >= 4 is 5.97 Å². The van der Waals surface area contributed by atoms with Crippen molar-refractivity contribution in [2.45, 2.75) is 39.2 Å². The lowest BCUT2D eigenvalue weighted by Gasteiger charge is -2.20. The van der Waals surface area contributed by atoms with E-state index in [1.807, 2.05) is 6.92 Å². The number of rotatable bonds is 5. The number of hydrogen-bond donors (Lipinski definition) is 1. The van der Waals surface area contributed by atoms with E-state index in [2.05, 4.69) is 5.32 Å². The third kappa shape index (κ3) is 4.00. The molecule has 1 aliphatic rings. The molecule has 0 saturated carbocycles. The Morgan fingerprint density at radius 3 is 2.64 bits per heavy atom. The molecule has 1 atom stereocenters. The number of carbonyl (C=O) groups is 1. The van der Waals surface area contributed by atoms with Crippen LogP contribution in [0.15, 0.2) is 35.7 Å². The van der Waals surface area contributed by atoms with E-state index in [9.17, 15) is 9.18 Å². The summed E-state index contributed by atoms with van der Waals surface area (Å²) in [6, 6.07) is 6.39. The van der Waals surface area contributed by atoms with Gasteiger partial charge in [0.05, 0.1) is 24.8 Å². The molecule has 0 radical (unpaired) electrons. The summed E-state index contributed by atoms with van der Waals surface area (Å²) in [6.07, 6.45) is 2.28. The zero-order valence-corrected chi connectivity index (χ0v) is 13.0. The fraction of sp³-hybridized carbons (Fsp3) is 0.471. The van der Waals surface area contributed by atoms with Crippen molar-refractivity contribution < 1.29 is 18.7 Å². The molecule has 1 N–H and O–H groups in total. The number of halogens is 1. The molecule has 0 bridgehead atoms. The van der Waals surface area contributed by atoms with E-state index in [0.29, 0.717) is 31.1 Å². The second-order valence-electron chi connectivity index (χ2n) is 5.10. The van der Waals surface area contributed by atoms with Gasteiger partial charge in [-0.1, -0.05) is 12.1 Å². The first-order valence-corrected chi connectivity index (χ1v) is 7.70. The number of benzene rings is 1. The first kappa shape index (κ1) is 16.3. The van der Waals surface area contributed by atoms with Crippen LogP contribution in [0.4, 0.5) is 4.39 Å². The zero-order valence-electron chi connectivity index (χ0n) is 13.0. The molecular weight excluding hydrogens is 285 g/mol. The lowest BCUT2D eigenvalue weighted by atomic mass is 10.0. The molecule has 120 valence electrons. The van der Waals surface area contributed by atoms with Crippen molar-refractivity contribution in [3.05, 3.63) is 47.1 Å². The molecule has 5 heteroatoms. The smallest absolute Gasteiger partial charge is 0.339 e. The van der Waals surface area contributed by atoms with Crippen LogP contribution in [0.1, 0.15) is 44.7 Å². The van der Waals surface area contributed by atoms with Crippen molar-refractivity contribution in [3.63, 3.8) is 0 Å². The van der Waals surface area contributed by atoms with E-state index in [-0.39, 0.29) is 17.8 Å². The predicted molar refractivity (Wildman–Crippen MR) is 81.4 cm³/mol. The minimum absolute atomic E-state index is 0.00548. The average molecular weight is 307 g/mol. The number of esters is 1. The number of nitrogens with one attached hydrogen (secondary N) is 1. The van der Waals surface area contributed by atoms with E-state index in [4.69, 9.17) is 9.47 Å². The van der Waals surface area contributed by atoms with Crippen molar-refractivity contribution in [2.24, 2.45) is 0 Å². The Labute approximate surface area is 130 Å². The third-order valence-corrected chi connectivity index (χ3v) is 3.58. The molecule has 0 saturated heterocycles. The number of hydrogen-bond acceptors (Lipinski definition) is 4. The standard InChI is InChI=1S/C17H22FNO3/c1-3-21-16-14(17(20)22-4-2)6-5-7-15(19-16)12-8-10-13(18)11-9-12/h8-11,15,19H,3-7H2,1-2H3/t15-/m1/s1. The Morgan fingerprint density at radius 1 is 1.27 bits per heavy atom. The molecule has 0 unspecified atom stereocenters. The van der Waals surface area contributed by atoms with Gasteiger partial charge < -0.3 is 14.8 Å². The monoisotopic (exact) mass is 307 g/mol. The van der Waals surface area contributed by atoms with Crippen molar-refractivity contribution in [1.29, 1.82) is 0 Å². The van der Waals surface area contributed by atoms with Gasteiger partial charge in [-0.25, -0.2) is 9.18 Å². The van der Waals surface area contributed by atoms with E-state index in [1.54, 1.807) is 19.1 Å². The molecule has 2 rings (SSSR count). The van der Waals surface area contributed by atoms with E-state index >= 15 is 0 Å². The van der Waals surface area contributed by atoms with Crippen LogP contribution in [0.2, 0.25) is 0 Å². The molecule has 1 heterocycles. The predicted octanol–water partition coefficient (Wildman–Crippen LogP) is 3.45. The van der Waals surface area contributed by atoms with Gasteiger partial charge in [-0.05, 0) is 50.8 Å². The zero-order chi connectivity index (χ0) is 15.9. The van der Waals surface area contributed by atoms with Crippen LogP contribution in [0.25, 0.3) is 0 Å². The van der Waals surface area contributed by atoms with Gasteiger partial charge in [0.1, 0.15) is 5.82 Å². The maximum Gasteiger partial charge on any atom is 0.339 e. The molecule has 1 aliphatic heterocycles. The first-order chi connectivity index (χ1) is 10.7. The Hall–Kier alpha value is -2.04. The van der Waals surface area contributed by atoms with Crippen molar-refractivity contribution in [2.75, 3.05) is 13.2 Å². The summed E-state index contributed by atoms with van der Waals surface area (Å²) in [6.45, 7) is 4.45. The molecule has 0 aliphatic carbocycles. The Morgan fingerprint density at radius 2 is 2.00 bits per heavy atom. The van der Waals surface area contributed by atoms with Gasteiger partial charge in [0.25, 0.3) is 0 Å². The largest absolute Gasteiger partial charge is 0.479 e. The van der Waals surface area contributed by atoms with Gasteiger partial charge in [-0.3, -0.25) is 0 Å². The molecule has 0 fully saturated rings. The summed E-state index contributed by atoms with van der Waals surface area (Å²) < 4.78 is 23.8. The molecule has 4 nitrogen and oxygen atoms in total. The molecule has 0 amide bonds. The van der Waals surface area contributed by atoms with Gasteiger partial charge in [0.15, 0.2) is 5.88 Å². The lowest BCUT2D eigenvalue weighted by molar-refractivity contribution is -0.139. The quantitative estimate of drug-likeness (QED) is 0.846. The van der Waals surface area contributed by atoms with Crippen LogP contribution in [-0.2, 0) is 14.3 Å². The fourth-order valence-electron chi connectivity index (χ4n) is 2.55. The second-order valence-corrected chi connectivity index (χ2v) is 5.10. The molecule has 0 aromatic heterocycles. The number of carbonyl (C=O) groups excluding carboxylic acids is 1.